The highest BCUT2D eigenvalue weighted by Crippen LogP contribution is 2.20. The summed E-state index contributed by atoms with van der Waals surface area (Å²) in [5, 5.41) is 0.148. The molecule has 0 aliphatic carbocycles. The number of rotatable bonds is 6. The molecular weight excluding hydrogens is 355 g/mol. The average Bonchev–Trinajstić information content (AvgIpc) is 2.53. The van der Waals surface area contributed by atoms with Crippen molar-refractivity contribution in [3.63, 3.8) is 0 Å². The molecule has 2 rings (SSSR count). The van der Waals surface area contributed by atoms with Gasteiger partial charge in [0.05, 0.1) is 22.1 Å². The first kappa shape index (κ1) is 18.4. The highest BCUT2D eigenvalue weighted by molar-refractivity contribution is 7.91. The predicted octanol–water partition coefficient (Wildman–Crippen LogP) is 3.69. The fourth-order valence-electron chi connectivity index (χ4n) is 1.98. The molecule has 0 unspecified atom stereocenters. The van der Waals surface area contributed by atoms with Crippen molar-refractivity contribution in [2.75, 3.05) is 5.75 Å². The summed E-state index contributed by atoms with van der Waals surface area (Å²) in [7, 11) is -3.57. The van der Waals surface area contributed by atoms with Crippen LogP contribution < -0.4 is 0 Å². The monoisotopic (exact) mass is 370 g/mol. The molecule has 0 aromatic heterocycles. The molecule has 0 N–H and O–H groups in total. The molecule has 24 heavy (non-hydrogen) atoms. The molecule has 0 heterocycles. The zero-order valence-corrected chi connectivity index (χ0v) is 14.5. The second kappa shape index (κ2) is 7.77. The van der Waals surface area contributed by atoms with Crippen LogP contribution in [0.4, 0.5) is 4.39 Å². The van der Waals surface area contributed by atoms with Crippen LogP contribution >= 0.6 is 11.6 Å². The Morgan fingerprint density at radius 2 is 1.83 bits per heavy atom. The summed E-state index contributed by atoms with van der Waals surface area (Å²) in [5.41, 5.74) is 1.00. The van der Waals surface area contributed by atoms with Crippen molar-refractivity contribution in [1.82, 2.24) is 0 Å². The minimum Gasteiger partial charge on any atom is -0.461 e. The maximum absolute atomic E-state index is 13.6. The maximum atomic E-state index is 13.6. The summed E-state index contributed by atoms with van der Waals surface area (Å²) >= 11 is 5.83. The van der Waals surface area contributed by atoms with Crippen molar-refractivity contribution >= 4 is 27.4 Å². The summed E-state index contributed by atoms with van der Waals surface area (Å²) in [6.45, 7) is 1.51. The topological polar surface area (TPSA) is 60.4 Å². The van der Waals surface area contributed by atoms with Crippen LogP contribution in [0, 0.1) is 12.7 Å². The third kappa shape index (κ3) is 4.79. The highest BCUT2D eigenvalue weighted by Gasteiger charge is 2.17. The van der Waals surface area contributed by atoms with Crippen molar-refractivity contribution in [2.24, 2.45) is 0 Å². The lowest BCUT2D eigenvalue weighted by Crippen LogP contribution is -2.14. The van der Waals surface area contributed by atoms with Crippen LogP contribution in [0.5, 0.6) is 0 Å². The van der Waals surface area contributed by atoms with Gasteiger partial charge in [-0.05, 0) is 31.2 Å². The molecule has 0 aliphatic rings. The molecule has 128 valence electrons. The third-order valence-electron chi connectivity index (χ3n) is 3.39. The number of hydrogen-bond acceptors (Lipinski definition) is 4. The lowest BCUT2D eigenvalue weighted by molar-refractivity contribution is -0.144. The Morgan fingerprint density at radius 1 is 1.17 bits per heavy atom. The maximum Gasteiger partial charge on any atom is 0.307 e. The molecule has 2 aromatic carbocycles. The molecule has 0 amide bonds. The second-order valence-corrected chi connectivity index (χ2v) is 7.76. The van der Waals surface area contributed by atoms with E-state index in [2.05, 4.69) is 0 Å². The van der Waals surface area contributed by atoms with Crippen molar-refractivity contribution in [2.45, 2.75) is 24.8 Å². The first-order chi connectivity index (χ1) is 11.3. The number of hydrogen-bond donors (Lipinski definition) is 0. The summed E-state index contributed by atoms with van der Waals surface area (Å²) in [6.07, 6.45) is -0.317. The first-order valence-electron chi connectivity index (χ1n) is 7.17. The van der Waals surface area contributed by atoms with Crippen LogP contribution in [0.1, 0.15) is 17.5 Å². The van der Waals surface area contributed by atoms with Gasteiger partial charge >= 0.3 is 5.97 Å². The summed E-state index contributed by atoms with van der Waals surface area (Å²) < 4.78 is 42.8. The minimum absolute atomic E-state index is 0.0638. The SMILES string of the molecule is Cc1ccc(S(=O)(=O)CCC(=O)OCc2c(F)cccc2Cl)cc1. The van der Waals surface area contributed by atoms with E-state index in [1.165, 1.54) is 30.3 Å². The Hall–Kier alpha value is -1.92. The highest BCUT2D eigenvalue weighted by atomic mass is 35.5. The molecule has 0 saturated carbocycles. The molecule has 0 bridgehead atoms. The third-order valence-corrected chi connectivity index (χ3v) is 5.48. The van der Waals surface area contributed by atoms with E-state index in [0.717, 1.165) is 5.56 Å². The molecule has 0 aliphatic heterocycles. The van der Waals surface area contributed by atoms with Gasteiger partial charge in [0.25, 0.3) is 0 Å². The Balaban J connectivity index is 1.92. The van der Waals surface area contributed by atoms with Crippen LogP contribution in [0.2, 0.25) is 5.02 Å². The molecule has 0 atom stereocenters. The van der Waals surface area contributed by atoms with E-state index >= 15 is 0 Å². The Kier molecular flexibility index (Phi) is 5.96. The van der Waals surface area contributed by atoms with Gasteiger partial charge in [-0.2, -0.15) is 0 Å². The van der Waals surface area contributed by atoms with Gasteiger partial charge in [0.2, 0.25) is 0 Å². The summed E-state index contributed by atoms with van der Waals surface area (Å²) in [6, 6.07) is 10.5. The van der Waals surface area contributed by atoms with Crippen molar-refractivity contribution in [3.8, 4) is 0 Å². The molecule has 0 radical (unpaired) electrons. The molecule has 4 nitrogen and oxygen atoms in total. The van der Waals surface area contributed by atoms with E-state index in [4.69, 9.17) is 16.3 Å². The molecule has 2 aromatic rings. The lowest BCUT2D eigenvalue weighted by Gasteiger charge is -2.08. The number of halogens is 2. The fraction of sp³-hybridized carbons (Fsp3) is 0.235. The molecule has 0 fully saturated rings. The van der Waals surface area contributed by atoms with Crippen LogP contribution in [0.15, 0.2) is 47.4 Å². The number of sulfone groups is 1. The van der Waals surface area contributed by atoms with Gasteiger partial charge in [-0.25, -0.2) is 12.8 Å². The van der Waals surface area contributed by atoms with E-state index < -0.39 is 21.6 Å². The molecule has 7 heteroatoms. The standard InChI is InChI=1S/C17H16ClFO4S/c1-12-5-7-13(8-6-12)24(21,22)10-9-17(20)23-11-14-15(18)3-2-4-16(14)19/h2-8H,9-11H2,1H3. The van der Waals surface area contributed by atoms with Crippen LogP contribution in [0.3, 0.4) is 0 Å². The lowest BCUT2D eigenvalue weighted by atomic mass is 10.2. The fourth-order valence-corrected chi connectivity index (χ4v) is 3.42. The molecule has 0 spiro atoms. The Morgan fingerprint density at radius 3 is 2.46 bits per heavy atom. The van der Waals surface area contributed by atoms with Gasteiger partial charge < -0.3 is 4.74 Å². The summed E-state index contributed by atoms with van der Waals surface area (Å²) in [4.78, 5) is 11.9. The van der Waals surface area contributed by atoms with Gasteiger partial charge in [0.15, 0.2) is 9.84 Å². The second-order valence-electron chi connectivity index (χ2n) is 5.24. The molecule has 0 saturated heterocycles. The van der Waals surface area contributed by atoms with Crippen LogP contribution in [0.25, 0.3) is 0 Å². The average molecular weight is 371 g/mol. The Bertz CT molecular complexity index is 812. The van der Waals surface area contributed by atoms with E-state index in [9.17, 15) is 17.6 Å². The molecular formula is C17H16ClFO4S. The van der Waals surface area contributed by atoms with E-state index in [1.807, 2.05) is 6.92 Å². The number of esters is 1. The van der Waals surface area contributed by atoms with Crippen LogP contribution in [-0.2, 0) is 26.0 Å². The number of benzene rings is 2. The number of aryl methyl sites for hydroxylation is 1. The smallest absolute Gasteiger partial charge is 0.307 e. The Labute approximate surface area is 145 Å². The largest absolute Gasteiger partial charge is 0.461 e. The van der Waals surface area contributed by atoms with Gasteiger partial charge in [-0.1, -0.05) is 35.4 Å². The van der Waals surface area contributed by atoms with Gasteiger partial charge in [0, 0.05) is 5.56 Å². The van der Waals surface area contributed by atoms with E-state index in [1.54, 1.807) is 12.1 Å². The van der Waals surface area contributed by atoms with Crippen molar-refractivity contribution in [1.29, 1.82) is 0 Å². The number of carbonyl (C=O) groups excluding carboxylic acids is 1. The number of ether oxygens (including phenoxy) is 1. The predicted molar refractivity (Wildman–Crippen MR) is 89.1 cm³/mol. The van der Waals surface area contributed by atoms with Crippen molar-refractivity contribution < 1.29 is 22.3 Å². The normalized spacial score (nSPS) is 11.3. The van der Waals surface area contributed by atoms with Crippen molar-refractivity contribution in [3.05, 3.63) is 64.4 Å². The van der Waals surface area contributed by atoms with Gasteiger partial charge in [-0.15, -0.1) is 0 Å². The van der Waals surface area contributed by atoms with E-state index in [-0.39, 0.29) is 34.3 Å². The summed E-state index contributed by atoms with van der Waals surface area (Å²) in [5.74, 6) is -1.69. The zero-order valence-electron chi connectivity index (χ0n) is 13.0. The first-order valence-corrected chi connectivity index (χ1v) is 9.20. The zero-order chi connectivity index (χ0) is 17.7. The van der Waals surface area contributed by atoms with Gasteiger partial charge in [-0.3, -0.25) is 4.79 Å². The quantitative estimate of drug-likeness (QED) is 0.727. The minimum atomic E-state index is -3.57. The van der Waals surface area contributed by atoms with Gasteiger partial charge in [0.1, 0.15) is 12.4 Å². The van der Waals surface area contributed by atoms with E-state index in [0.29, 0.717) is 0 Å². The number of carbonyl (C=O) groups is 1. The van der Waals surface area contributed by atoms with Crippen LogP contribution in [-0.4, -0.2) is 20.1 Å².